The van der Waals surface area contributed by atoms with Gasteiger partial charge in [0.25, 0.3) is 5.91 Å². The number of rotatable bonds is 7. The van der Waals surface area contributed by atoms with E-state index < -0.39 is 0 Å². The largest absolute Gasteiger partial charge is 0.341 e. The summed E-state index contributed by atoms with van der Waals surface area (Å²) in [5.74, 6) is -0.101. The van der Waals surface area contributed by atoms with Gasteiger partial charge in [-0.2, -0.15) is 10.4 Å². The molecule has 0 fully saturated rings. The number of carbonyl (C=O) groups is 2. The number of unbranched alkanes of at least 4 members (excludes halogenated alkanes) is 1. The van der Waals surface area contributed by atoms with E-state index in [1.54, 1.807) is 36.4 Å². The molecule has 1 unspecified atom stereocenters. The highest BCUT2D eigenvalue weighted by atomic mass is 35.5. The smallest absolute Gasteiger partial charge is 0.318 e. The van der Waals surface area contributed by atoms with Crippen LogP contribution in [0.15, 0.2) is 48.5 Å². The molecule has 3 aromatic rings. The number of hydrogen-bond donors (Lipinski definition) is 2. The summed E-state index contributed by atoms with van der Waals surface area (Å²) < 4.78 is 1.83. The van der Waals surface area contributed by atoms with Crippen molar-refractivity contribution in [3.63, 3.8) is 0 Å². The summed E-state index contributed by atoms with van der Waals surface area (Å²) in [6.45, 7) is 3.15. The number of aromatic nitrogens is 2. The number of amides is 3. The molecule has 2 aromatic carbocycles. The average molecular weight is 491 g/mol. The highest BCUT2D eigenvalue weighted by Gasteiger charge is 2.33. The lowest BCUT2D eigenvalue weighted by Crippen LogP contribution is -2.42. The van der Waals surface area contributed by atoms with Crippen LogP contribution in [0.4, 0.5) is 10.5 Å². The summed E-state index contributed by atoms with van der Waals surface area (Å²) in [6.07, 6.45) is 2.95. The Morgan fingerprint density at radius 3 is 2.69 bits per heavy atom. The van der Waals surface area contributed by atoms with Gasteiger partial charge in [-0.1, -0.05) is 43.5 Å². The van der Waals surface area contributed by atoms with Gasteiger partial charge in [0.2, 0.25) is 0 Å². The molecular formula is C26H27ClN6O2. The number of nitrogens with one attached hydrogen (secondary N) is 2. The Morgan fingerprint density at radius 1 is 1.23 bits per heavy atom. The Balaban J connectivity index is 1.69. The minimum Gasteiger partial charge on any atom is -0.341 e. The SMILES string of the molecule is CCCCC1CN(Cc2ccc(C#N)cc2)C(=O)c2cc(-c3ccc(Cl)cc3NC(=O)NC)nn21. The first-order valence-corrected chi connectivity index (χ1v) is 12.0. The quantitative estimate of drug-likeness (QED) is 0.474. The second-order valence-corrected chi connectivity index (χ2v) is 8.98. The van der Waals surface area contributed by atoms with Crippen molar-refractivity contribution < 1.29 is 9.59 Å². The molecule has 0 spiro atoms. The van der Waals surface area contributed by atoms with Crippen LogP contribution in [0, 0.1) is 11.3 Å². The van der Waals surface area contributed by atoms with Crippen LogP contribution in [0.3, 0.4) is 0 Å². The molecule has 0 radical (unpaired) electrons. The van der Waals surface area contributed by atoms with Gasteiger partial charge in [-0.05, 0) is 48.4 Å². The van der Waals surface area contributed by atoms with Crippen LogP contribution in [-0.2, 0) is 6.54 Å². The standard InChI is InChI=1S/C26H27ClN6O2/c1-3-4-5-20-16-32(15-18-8-6-17(14-28)7-9-18)25(34)24-13-23(31-33(20)24)21-11-10-19(27)12-22(21)30-26(35)29-2/h6-13,20H,3-5,15-16H2,1-2H3,(H2,29,30,35). The lowest BCUT2D eigenvalue weighted by molar-refractivity contribution is 0.0635. The molecule has 1 aromatic heterocycles. The lowest BCUT2D eigenvalue weighted by atomic mass is 10.0. The normalized spacial score (nSPS) is 14.9. The topological polar surface area (TPSA) is 103 Å². The molecule has 1 atom stereocenters. The molecule has 180 valence electrons. The van der Waals surface area contributed by atoms with E-state index in [0.29, 0.717) is 46.3 Å². The zero-order valence-electron chi connectivity index (χ0n) is 19.7. The maximum absolute atomic E-state index is 13.5. The third-order valence-electron chi connectivity index (χ3n) is 6.10. The molecule has 0 saturated heterocycles. The minimum absolute atomic E-state index is 0.0393. The fraction of sp³-hybridized carbons (Fsp3) is 0.308. The summed E-state index contributed by atoms with van der Waals surface area (Å²) in [5, 5.41) is 19.7. The summed E-state index contributed by atoms with van der Waals surface area (Å²) in [5.41, 5.74) is 3.86. The molecule has 0 aliphatic carbocycles. The van der Waals surface area contributed by atoms with E-state index >= 15 is 0 Å². The van der Waals surface area contributed by atoms with Gasteiger partial charge in [0, 0.05) is 30.7 Å². The minimum atomic E-state index is -0.372. The second kappa shape index (κ2) is 10.6. The van der Waals surface area contributed by atoms with Crippen molar-refractivity contribution in [1.29, 1.82) is 5.26 Å². The molecule has 4 rings (SSSR count). The highest BCUT2D eigenvalue weighted by Crippen LogP contribution is 2.34. The van der Waals surface area contributed by atoms with Crippen molar-refractivity contribution in [3.05, 3.63) is 70.4 Å². The number of carbonyl (C=O) groups excluding carboxylic acids is 2. The van der Waals surface area contributed by atoms with E-state index in [4.69, 9.17) is 22.0 Å². The number of nitriles is 1. The summed E-state index contributed by atoms with van der Waals surface area (Å²) in [4.78, 5) is 27.3. The van der Waals surface area contributed by atoms with Gasteiger partial charge in [-0.25, -0.2) is 4.79 Å². The molecule has 0 saturated carbocycles. The van der Waals surface area contributed by atoms with Crippen molar-refractivity contribution in [3.8, 4) is 17.3 Å². The van der Waals surface area contributed by atoms with E-state index in [9.17, 15) is 9.59 Å². The summed E-state index contributed by atoms with van der Waals surface area (Å²) in [6, 6.07) is 16.1. The van der Waals surface area contributed by atoms with Crippen LogP contribution in [0.2, 0.25) is 5.02 Å². The molecule has 1 aliphatic rings. The fourth-order valence-corrected chi connectivity index (χ4v) is 4.44. The van der Waals surface area contributed by atoms with Crippen molar-refractivity contribution in [2.75, 3.05) is 18.9 Å². The maximum Gasteiger partial charge on any atom is 0.318 e. The van der Waals surface area contributed by atoms with Crippen LogP contribution < -0.4 is 10.6 Å². The molecule has 1 aliphatic heterocycles. The first-order valence-electron chi connectivity index (χ1n) is 11.6. The first kappa shape index (κ1) is 24.3. The average Bonchev–Trinajstić information content (AvgIpc) is 3.31. The zero-order valence-corrected chi connectivity index (χ0v) is 20.5. The zero-order chi connectivity index (χ0) is 24.9. The lowest BCUT2D eigenvalue weighted by Gasteiger charge is -2.33. The number of nitrogens with zero attached hydrogens (tertiary/aromatic N) is 4. The Labute approximate surface area is 209 Å². The summed E-state index contributed by atoms with van der Waals surface area (Å²) >= 11 is 6.17. The van der Waals surface area contributed by atoms with E-state index in [1.165, 1.54) is 7.05 Å². The molecule has 3 amide bonds. The predicted molar refractivity (Wildman–Crippen MR) is 135 cm³/mol. The summed E-state index contributed by atoms with van der Waals surface area (Å²) in [7, 11) is 1.54. The highest BCUT2D eigenvalue weighted by molar-refractivity contribution is 6.31. The molecule has 0 bridgehead atoms. The van der Waals surface area contributed by atoms with Gasteiger partial charge in [0.1, 0.15) is 5.69 Å². The van der Waals surface area contributed by atoms with Crippen molar-refractivity contribution in [1.82, 2.24) is 20.0 Å². The van der Waals surface area contributed by atoms with E-state index in [2.05, 4.69) is 23.6 Å². The predicted octanol–water partition coefficient (Wildman–Crippen LogP) is 5.21. The Kier molecular flexibility index (Phi) is 7.37. The Bertz CT molecular complexity index is 1280. The van der Waals surface area contributed by atoms with E-state index in [0.717, 1.165) is 24.8 Å². The van der Waals surface area contributed by atoms with Gasteiger partial charge in [-0.3, -0.25) is 9.48 Å². The third kappa shape index (κ3) is 5.31. The molecule has 2 N–H and O–H groups in total. The molecule has 8 nitrogen and oxygen atoms in total. The number of urea groups is 1. The number of halogens is 1. The second-order valence-electron chi connectivity index (χ2n) is 8.54. The molecule has 9 heteroatoms. The van der Waals surface area contributed by atoms with Crippen molar-refractivity contribution in [2.45, 2.75) is 38.8 Å². The third-order valence-corrected chi connectivity index (χ3v) is 6.33. The van der Waals surface area contributed by atoms with Crippen LogP contribution in [-0.4, -0.2) is 40.2 Å². The van der Waals surface area contributed by atoms with E-state index in [-0.39, 0.29) is 18.0 Å². The van der Waals surface area contributed by atoms with Crippen LogP contribution >= 0.6 is 11.6 Å². The number of benzene rings is 2. The first-order chi connectivity index (χ1) is 16.9. The van der Waals surface area contributed by atoms with Crippen LogP contribution in [0.5, 0.6) is 0 Å². The van der Waals surface area contributed by atoms with Gasteiger partial charge < -0.3 is 15.5 Å². The number of anilines is 1. The van der Waals surface area contributed by atoms with Crippen LogP contribution in [0.25, 0.3) is 11.3 Å². The van der Waals surface area contributed by atoms with Crippen molar-refractivity contribution >= 4 is 29.2 Å². The molecule has 35 heavy (non-hydrogen) atoms. The Hall–Kier alpha value is -3.83. The number of fused-ring (bicyclic) bond motifs is 1. The number of hydrogen-bond acceptors (Lipinski definition) is 4. The molecular weight excluding hydrogens is 464 g/mol. The van der Waals surface area contributed by atoms with Gasteiger partial charge in [0.05, 0.1) is 29.1 Å². The van der Waals surface area contributed by atoms with Gasteiger partial charge in [-0.15, -0.1) is 0 Å². The van der Waals surface area contributed by atoms with Crippen LogP contribution in [0.1, 0.15) is 53.8 Å². The van der Waals surface area contributed by atoms with E-state index in [1.807, 2.05) is 21.7 Å². The van der Waals surface area contributed by atoms with Gasteiger partial charge >= 0.3 is 6.03 Å². The monoisotopic (exact) mass is 490 g/mol. The molecule has 2 heterocycles. The maximum atomic E-state index is 13.5. The van der Waals surface area contributed by atoms with Gasteiger partial charge in [0.15, 0.2) is 0 Å². The Morgan fingerprint density at radius 2 is 2.00 bits per heavy atom. The fourth-order valence-electron chi connectivity index (χ4n) is 4.26. The van der Waals surface area contributed by atoms with Crippen molar-refractivity contribution in [2.24, 2.45) is 0 Å².